The lowest BCUT2D eigenvalue weighted by Crippen LogP contribution is -2.24. The van der Waals surface area contributed by atoms with Gasteiger partial charge in [0.05, 0.1) is 0 Å². The highest BCUT2D eigenvalue weighted by atomic mass is 79.9. The van der Waals surface area contributed by atoms with E-state index in [0.29, 0.717) is 12.1 Å². The predicted molar refractivity (Wildman–Crippen MR) is 89.9 cm³/mol. The van der Waals surface area contributed by atoms with Gasteiger partial charge in [0.15, 0.2) is 0 Å². The summed E-state index contributed by atoms with van der Waals surface area (Å²) in [4.78, 5) is 0. The van der Waals surface area contributed by atoms with Crippen LogP contribution in [0.5, 0.6) is 0 Å². The first kappa shape index (κ1) is 15.3. The molecule has 2 rings (SSSR count). The van der Waals surface area contributed by atoms with E-state index < -0.39 is 0 Å². The monoisotopic (exact) mass is 331 g/mol. The maximum atomic E-state index is 3.74. The van der Waals surface area contributed by atoms with Crippen molar-refractivity contribution < 1.29 is 0 Å². The van der Waals surface area contributed by atoms with Crippen molar-refractivity contribution in [2.75, 3.05) is 0 Å². The highest BCUT2D eigenvalue weighted by Crippen LogP contribution is 2.24. The van der Waals surface area contributed by atoms with Crippen LogP contribution in [0.3, 0.4) is 0 Å². The standard InChI is InChI=1S/C18H22BrN/c1-4-18(15-9-11-16(19)12-10-15)20-14(3)17-8-6-5-7-13(17)2/h5-12,14,18,20H,4H2,1-3H3. The van der Waals surface area contributed by atoms with Gasteiger partial charge in [-0.1, -0.05) is 59.3 Å². The van der Waals surface area contributed by atoms with Crippen LogP contribution in [0.1, 0.15) is 49.0 Å². The smallest absolute Gasteiger partial charge is 0.0323 e. The molecule has 1 N–H and O–H groups in total. The van der Waals surface area contributed by atoms with E-state index in [-0.39, 0.29) is 0 Å². The van der Waals surface area contributed by atoms with Gasteiger partial charge in [0.25, 0.3) is 0 Å². The third-order valence-corrected chi connectivity index (χ3v) is 4.32. The SMILES string of the molecule is CCC(NC(C)c1ccccc1C)c1ccc(Br)cc1. The van der Waals surface area contributed by atoms with Crippen LogP contribution in [0, 0.1) is 6.92 Å². The van der Waals surface area contributed by atoms with Gasteiger partial charge in [0, 0.05) is 16.6 Å². The van der Waals surface area contributed by atoms with Crippen LogP contribution in [0.4, 0.5) is 0 Å². The number of rotatable bonds is 5. The van der Waals surface area contributed by atoms with Crippen molar-refractivity contribution in [3.63, 3.8) is 0 Å². The normalized spacial score (nSPS) is 14.0. The van der Waals surface area contributed by atoms with Crippen molar-refractivity contribution in [3.8, 4) is 0 Å². The number of hydrogen-bond acceptors (Lipinski definition) is 1. The Morgan fingerprint density at radius 2 is 1.70 bits per heavy atom. The molecule has 2 aromatic rings. The fraction of sp³-hybridized carbons (Fsp3) is 0.333. The van der Waals surface area contributed by atoms with Gasteiger partial charge < -0.3 is 5.32 Å². The first-order valence-corrected chi connectivity index (χ1v) is 7.98. The molecule has 2 atom stereocenters. The summed E-state index contributed by atoms with van der Waals surface area (Å²) >= 11 is 3.49. The van der Waals surface area contributed by atoms with Crippen LogP contribution >= 0.6 is 15.9 Å². The van der Waals surface area contributed by atoms with E-state index in [1.54, 1.807) is 0 Å². The van der Waals surface area contributed by atoms with Gasteiger partial charge in [-0.05, 0) is 49.1 Å². The van der Waals surface area contributed by atoms with Gasteiger partial charge >= 0.3 is 0 Å². The Balaban J connectivity index is 2.14. The average Bonchev–Trinajstić information content (AvgIpc) is 2.46. The number of benzene rings is 2. The van der Waals surface area contributed by atoms with Crippen molar-refractivity contribution in [1.29, 1.82) is 0 Å². The summed E-state index contributed by atoms with van der Waals surface area (Å²) in [6.07, 6.45) is 1.08. The third-order valence-electron chi connectivity index (χ3n) is 3.79. The van der Waals surface area contributed by atoms with Gasteiger partial charge in [0.2, 0.25) is 0 Å². The first-order chi connectivity index (χ1) is 9.61. The lowest BCUT2D eigenvalue weighted by Gasteiger charge is -2.24. The molecule has 0 aromatic heterocycles. The molecule has 0 aliphatic heterocycles. The molecule has 0 saturated carbocycles. The molecule has 0 amide bonds. The van der Waals surface area contributed by atoms with Gasteiger partial charge in [-0.3, -0.25) is 0 Å². The fourth-order valence-corrected chi connectivity index (χ4v) is 2.87. The minimum absolute atomic E-state index is 0.352. The van der Waals surface area contributed by atoms with Gasteiger partial charge in [-0.25, -0.2) is 0 Å². The van der Waals surface area contributed by atoms with Crippen LogP contribution in [-0.2, 0) is 0 Å². The quantitative estimate of drug-likeness (QED) is 0.756. The highest BCUT2D eigenvalue weighted by molar-refractivity contribution is 9.10. The Bertz CT molecular complexity index is 548. The summed E-state index contributed by atoms with van der Waals surface area (Å²) in [6, 6.07) is 17.9. The van der Waals surface area contributed by atoms with Crippen LogP contribution in [0.2, 0.25) is 0 Å². The first-order valence-electron chi connectivity index (χ1n) is 7.19. The molecular formula is C18H22BrN. The van der Waals surface area contributed by atoms with E-state index in [4.69, 9.17) is 0 Å². The highest BCUT2D eigenvalue weighted by Gasteiger charge is 2.14. The predicted octanol–water partition coefficient (Wildman–Crippen LogP) is 5.56. The van der Waals surface area contributed by atoms with E-state index >= 15 is 0 Å². The second-order valence-corrected chi connectivity index (χ2v) is 6.17. The zero-order chi connectivity index (χ0) is 14.5. The molecule has 0 radical (unpaired) electrons. The molecule has 2 aromatic carbocycles. The van der Waals surface area contributed by atoms with Crippen LogP contribution in [0.25, 0.3) is 0 Å². The molecule has 0 aliphatic rings. The van der Waals surface area contributed by atoms with Crippen molar-refractivity contribution in [2.45, 2.75) is 39.3 Å². The maximum absolute atomic E-state index is 3.74. The molecule has 2 unspecified atom stereocenters. The molecule has 1 nitrogen and oxygen atoms in total. The molecule has 20 heavy (non-hydrogen) atoms. The van der Waals surface area contributed by atoms with E-state index in [0.717, 1.165) is 10.9 Å². The molecule has 0 aliphatic carbocycles. The molecule has 106 valence electrons. The summed E-state index contributed by atoms with van der Waals surface area (Å²) in [5.74, 6) is 0. The van der Waals surface area contributed by atoms with Gasteiger partial charge in [-0.15, -0.1) is 0 Å². The number of nitrogens with one attached hydrogen (secondary N) is 1. The Morgan fingerprint density at radius 1 is 1.05 bits per heavy atom. The minimum Gasteiger partial charge on any atom is -0.303 e. The summed E-state index contributed by atoms with van der Waals surface area (Å²) in [6.45, 7) is 6.64. The maximum Gasteiger partial charge on any atom is 0.0323 e. The van der Waals surface area contributed by atoms with Crippen LogP contribution < -0.4 is 5.32 Å². The molecule has 0 saturated heterocycles. The molecule has 0 heterocycles. The van der Waals surface area contributed by atoms with E-state index in [1.807, 2.05) is 0 Å². The van der Waals surface area contributed by atoms with Crippen molar-refractivity contribution >= 4 is 15.9 Å². The van der Waals surface area contributed by atoms with Crippen molar-refractivity contribution in [2.24, 2.45) is 0 Å². The topological polar surface area (TPSA) is 12.0 Å². The Hall–Kier alpha value is -1.12. The number of halogens is 1. The van der Waals surface area contributed by atoms with E-state index in [1.165, 1.54) is 16.7 Å². The van der Waals surface area contributed by atoms with Crippen LogP contribution in [-0.4, -0.2) is 0 Å². The number of hydrogen-bond donors (Lipinski definition) is 1. The molecular weight excluding hydrogens is 310 g/mol. The third kappa shape index (κ3) is 3.71. The lowest BCUT2D eigenvalue weighted by atomic mass is 9.99. The Morgan fingerprint density at radius 3 is 2.30 bits per heavy atom. The fourth-order valence-electron chi connectivity index (χ4n) is 2.61. The van der Waals surface area contributed by atoms with Crippen LogP contribution in [0.15, 0.2) is 53.0 Å². The lowest BCUT2D eigenvalue weighted by molar-refractivity contribution is 0.455. The Labute approximate surface area is 130 Å². The second kappa shape index (κ2) is 7.05. The number of aryl methyl sites for hydroxylation is 1. The molecule has 0 fully saturated rings. The average molecular weight is 332 g/mol. The van der Waals surface area contributed by atoms with E-state index in [2.05, 4.69) is 90.5 Å². The zero-order valence-electron chi connectivity index (χ0n) is 12.4. The summed E-state index contributed by atoms with van der Waals surface area (Å²) in [7, 11) is 0. The van der Waals surface area contributed by atoms with Gasteiger partial charge in [-0.2, -0.15) is 0 Å². The minimum atomic E-state index is 0.352. The summed E-state index contributed by atoms with van der Waals surface area (Å²) < 4.78 is 1.13. The molecule has 2 heteroatoms. The Kier molecular flexibility index (Phi) is 5.38. The largest absolute Gasteiger partial charge is 0.303 e. The zero-order valence-corrected chi connectivity index (χ0v) is 13.9. The second-order valence-electron chi connectivity index (χ2n) is 5.26. The summed E-state index contributed by atoms with van der Waals surface area (Å²) in [5.41, 5.74) is 4.07. The molecule has 0 spiro atoms. The van der Waals surface area contributed by atoms with Crippen molar-refractivity contribution in [1.82, 2.24) is 5.32 Å². The van der Waals surface area contributed by atoms with E-state index in [9.17, 15) is 0 Å². The van der Waals surface area contributed by atoms with Gasteiger partial charge in [0.1, 0.15) is 0 Å². The molecule has 0 bridgehead atoms. The van der Waals surface area contributed by atoms with Crippen molar-refractivity contribution in [3.05, 3.63) is 69.7 Å². The summed E-state index contributed by atoms with van der Waals surface area (Å²) in [5, 5.41) is 3.74.